The second-order valence-electron chi connectivity index (χ2n) is 5.42. The third-order valence-corrected chi connectivity index (χ3v) is 3.92. The summed E-state index contributed by atoms with van der Waals surface area (Å²) in [5.41, 5.74) is 5.85. The van der Waals surface area contributed by atoms with Crippen molar-refractivity contribution in [3.63, 3.8) is 0 Å². The van der Waals surface area contributed by atoms with Gasteiger partial charge in [0, 0.05) is 5.69 Å². The molecule has 0 radical (unpaired) electrons. The van der Waals surface area contributed by atoms with Crippen LogP contribution in [0.2, 0.25) is 0 Å². The van der Waals surface area contributed by atoms with Crippen molar-refractivity contribution in [2.45, 2.75) is 32.4 Å². The highest BCUT2D eigenvalue weighted by atomic mass is 16.3. The first-order valence-electron chi connectivity index (χ1n) is 6.75. The summed E-state index contributed by atoms with van der Waals surface area (Å²) in [7, 11) is 0. The summed E-state index contributed by atoms with van der Waals surface area (Å²) in [6, 6.07) is 14.6. The fraction of sp³-hybridized carbons (Fsp3) is 0.294. The molecule has 2 N–H and O–H groups in total. The number of aryl methyl sites for hydroxylation is 2. The normalized spacial score (nSPS) is 18.8. The zero-order valence-corrected chi connectivity index (χ0v) is 11.4. The number of aliphatic hydroxyl groups excluding tert-OH is 1. The third kappa shape index (κ3) is 2.24. The summed E-state index contributed by atoms with van der Waals surface area (Å²) >= 11 is 0. The zero-order valence-electron chi connectivity index (χ0n) is 11.4. The molecule has 2 nitrogen and oxygen atoms in total. The van der Waals surface area contributed by atoms with E-state index in [-0.39, 0.29) is 6.04 Å². The van der Waals surface area contributed by atoms with Gasteiger partial charge < -0.3 is 10.4 Å². The maximum Gasteiger partial charge on any atom is 0.0996 e. The molecule has 0 aliphatic carbocycles. The molecule has 2 unspecified atom stereocenters. The van der Waals surface area contributed by atoms with Gasteiger partial charge in [-0.1, -0.05) is 42.0 Å². The van der Waals surface area contributed by atoms with Gasteiger partial charge in [0.15, 0.2) is 0 Å². The highest BCUT2D eigenvalue weighted by Crippen LogP contribution is 2.32. The van der Waals surface area contributed by atoms with E-state index < -0.39 is 6.10 Å². The largest absolute Gasteiger partial charge is 0.386 e. The van der Waals surface area contributed by atoms with Crippen LogP contribution in [0.3, 0.4) is 0 Å². The van der Waals surface area contributed by atoms with Gasteiger partial charge in [-0.25, -0.2) is 0 Å². The molecule has 98 valence electrons. The molecular weight excluding hydrogens is 234 g/mol. The topological polar surface area (TPSA) is 32.3 Å². The van der Waals surface area contributed by atoms with Gasteiger partial charge in [0.25, 0.3) is 0 Å². The van der Waals surface area contributed by atoms with Crippen molar-refractivity contribution < 1.29 is 5.11 Å². The lowest BCUT2D eigenvalue weighted by atomic mass is 9.95. The summed E-state index contributed by atoms with van der Waals surface area (Å²) in [6.07, 6.45) is 0.415. The molecular formula is C17H19NO. The number of hydrogen-bond acceptors (Lipinski definition) is 2. The maximum absolute atomic E-state index is 10.6. The Morgan fingerprint density at radius 1 is 1.16 bits per heavy atom. The molecule has 1 heterocycles. The summed E-state index contributed by atoms with van der Waals surface area (Å²) in [5.74, 6) is 0. The van der Waals surface area contributed by atoms with Crippen molar-refractivity contribution in [1.82, 2.24) is 0 Å². The first-order valence-corrected chi connectivity index (χ1v) is 6.75. The zero-order chi connectivity index (χ0) is 13.4. The average Bonchev–Trinajstić information content (AvgIpc) is 2.81. The van der Waals surface area contributed by atoms with Crippen molar-refractivity contribution in [3.05, 3.63) is 64.7 Å². The molecule has 0 fully saturated rings. The second-order valence-corrected chi connectivity index (χ2v) is 5.42. The minimum Gasteiger partial charge on any atom is -0.386 e. The summed E-state index contributed by atoms with van der Waals surface area (Å²) < 4.78 is 0. The number of para-hydroxylation sites is 1. The predicted molar refractivity (Wildman–Crippen MR) is 78.4 cm³/mol. The first-order chi connectivity index (χ1) is 9.15. The van der Waals surface area contributed by atoms with Crippen LogP contribution in [0.25, 0.3) is 0 Å². The fourth-order valence-electron chi connectivity index (χ4n) is 2.89. The van der Waals surface area contributed by atoms with E-state index in [2.05, 4.69) is 43.4 Å². The summed E-state index contributed by atoms with van der Waals surface area (Å²) in [6.45, 7) is 4.14. The molecule has 2 aromatic carbocycles. The maximum atomic E-state index is 10.6. The minimum atomic E-state index is -0.465. The Morgan fingerprint density at radius 2 is 1.95 bits per heavy atom. The lowest BCUT2D eigenvalue weighted by Crippen LogP contribution is -2.25. The van der Waals surface area contributed by atoms with Gasteiger partial charge in [0.05, 0.1) is 12.1 Å². The number of fused-ring (bicyclic) bond motifs is 1. The summed E-state index contributed by atoms with van der Waals surface area (Å²) in [4.78, 5) is 0. The van der Waals surface area contributed by atoms with Crippen LogP contribution in [0.1, 0.15) is 28.4 Å². The van der Waals surface area contributed by atoms with Crippen LogP contribution in [0, 0.1) is 13.8 Å². The van der Waals surface area contributed by atoms with Crippen LogP contribution in [0.15, 0.2) is 42.5 Å². The molecule has 0 saturated heterocycles. The molecule has 0 bridgehead atoms. The van der Waals surface area contributed by atoms with Gasteiger partial charge in [-0.05, 0) is 43.0 Å². The number of rotatable bonds is 2. The predicted octanol–water partition coefficient (Wildman–Crippen LogP) is 3.37. The SMILES string of the molecule is Cc1ccc(C(O)C2Cc3ccccc3N2)c(C)c1. The molecule has 3 rings (SSSR count). The third-order valence-electron chi connectivity index (χ3n) is 3.92. The lowest BCUT2D eigenvalue weighted by Gasteiger charge is -2.21. The Bertz CT molecular complexity index is 581. The smallest absolute Gasteiger partial charge is 0.0996 e. The van der Waals surface area contributed by atoms with E-state index in [1.54, 1.807) is 0 Å². The van der Waals surface area contributed by atoms with Crippen LogP contribution >= 0.6 is 0 Å². The number of aliphatic hydroxyl groups is 1. The Kier molecular flexibility index (Phi) is 3.03. The van der Waals surface area contributed by atoms with Crippen LogP contribution in [0.4, 0.5) is 5.69 Å². The molecule has 19 heavy (non-hydrogen) atoms. The molecule has 2 aromatic rings. The highest BCUT2D eigenvalue weighted by molar-refractivity contribution is 5.57. The number of nitrogens with one attached hydrogen (secondary N) is 1. The molecule has 0 spiro atoms. The Balaban J connectivity index is 1.85. The molecule has 1 aliphatic rings. The molecule has 2 heteroatoms. The van der Waals surface area contributed by atoms with Crippen molar-refractivity contribution in [1.29, 1.82) is 0 Å². The first kappa shape index (κ1) is 12.2. The number of hydrogen-bond donors (Lipinski definition) is 2. The van der Waals surface area contributed by atoms with E-state index in [1.165, 1.54) is 11.1 Å². The average molecular weight is 253 g/mol. The van der Waals surface area contributed by atoms with Crippen molar-refractivity contribution in [2.24, 2.45) is 0 Å². The van der Waals surface area contributed by atoms with Gasteiger partial charge in [-0.2, -0.15) is 0 Å². The van der Waals surface area contributed by atoms with E-state index >= 15 is 0 Å². The van der Waals surface area contributed by atoms with E-state index in [4.69, 9.17) is 0 Å². The van der Waals surface area contributed by atoms with Gasteiger partial charge >= 0.3 is 0 Å². The molecule has 1 aliphatic heterocycles. The van der Waals surface area contributed by atoms with Crippen molar-refractivity contribution in [3.8, 4) is 0 Å². The van der Waals surface area contributed by atoms with E-state index in [9.17, 15) is 5.11 Å². The van der Waals surface area contributed by atoms with Crippen LogP contribution < -0.4 is 5.32 Å². The lowest BCUT2D eigenvalue weighted by molar-refractivity contribution is 0.156. The minimum absolute atomic E-state index is 0.0683. The standard InChI is InChI=1S/C17H19NO/c1-11-7-8-14(12(2)9-11)17(19)16-10-13-5-3-4-6-15(13)18-16/h3-9,16-19H,10H2,1-2H3. The highest BCUT2D eigenvalue weighted by Gasteiger charge is 2.28. The van der Waals surface area contributed by atoms with Crippen molar-refractivity contribution in [2.75, 3.05) is 5.32 Å². The Morgan fingerprint density at radius 3 is 2.68 bits per heavy atom. The van der Waals surface area contributed by atoms with E-state index in [0.717, 1.165) is 23.2 Å². The second kappa shape index (κ2) is 4.71. The van der Waals surface area contributed by atoms with Crippen LogP contribution in [-0.2, 0) is 6.42 Å². The fourth-order valence-corrected chi connectivity index (χ4v) is 2.89. The van der Waals surface area contributed by atoms with Gasteiger partial charge in [0.2, 0.25) is 0 Å². The van der Waals surface area contributed by atoms with Crippen LogP contribution in [-0.4, -0.2) is 11.1 Å². The Hall–Kier alpha value is -1.80. The van der Waals surface area contributed by atoms with E-state index in [1.807, 2.05) is 18.2 Å². The van der Waals surface area contributed by atoms with Gasteiger partial charge in [-0.3, -0.25) is 0 Å². The van der Waals surface area contributed by atoms with Crippen LogP contribution in [0.5, 0.6) is 0 Å². The molecule has 0 aromatic heterocycles. The quantitative estimate of drug-likeness (QED) is 0.860. The molecule has 0 amide bonds. The number of anilines is 1. The Labute approximate surface area is 114 Å². The van der Waals surface area contributed by atoms with E-state index in [0.29, 0.717) is 0 Å². The van der Waals surface area contributed by atoms with Gasteiger partial charge in [0.1, 0.15) is 0 Å². The van der Waals surface area contributed by atoms with Crippen molar-refractivity contribution >= 4 is 5.69 Å². The van der Waals surface area contributed by atoms with Gasteiger partial charge in [-0.15, -0.1) is 0 Å². The molecule has 2 atom stereocenters. The monoisotopic (exact) mass is 253 g/mol. The number of benzene rings is 2. The summed E-state index contributed by atoms with van der Waals surface area (Å²) in [5, 5.41) is 14.0. The molecule has 0 saturated carbocycles.